The Hall–Kier alpha value is -2.24. The minimum absolute atomic E-state index is 0.0457. The molecule has 0 aromatic carbocycles. The summed E-state index contributed by atoms with van der Waals surface area (Å²) in [5.74, 6) is 0.382. The summed E-state index contributed by atoms with van der Waals surface area (Å²) in [5, 5.41) is 11.2. The number of nitrogens with one attached hydrogen (secondary N) is 1. The number of pyridine rings is 1. The maximum absolute atomic E-state index is 12.5. The molecule has 2 aromatic heterocycles. The van der Waals surface area contributed by atoms with E-state index in [0.29, 0.717) is 17.7 Å². The van der Waals surface area contributed by atoms with Gasteiger partial charge in [0.05, 0.1) is 18.3 Å². The number of aromatic nitrogens is 4. The van der Waals surface area contributed by atoms with E-state index in [1.807, 2.05) is 16.8 Å². The lowest BCUT2D eigenvalue weighted by Crippen LogP contribution is -2.30. The molecular formula is C16H19N5O. The smallest absolute Gasteiger partial charge is 0.273 e. The molecule has 0 aliphatic heterocycles. The van der Waals surface area contributed by atoms with Gasteiger partial charge in [0, 0.05) is 12.4 Å². The van der Waals surface area contributed by atoms with E-state index in [0.717, 1.165) is 31.2 Å². The Balaban J connectivity index is 1.48. The largest absolute Gasteiger partial charge is 0.344 e. The lowest BCUT2D eigenvalue weighted by molar-refractivity contribution is 0.0926. The van der Waals surface area contributed by atoms with Crippen LogP contribution in [0, 0.1) is 5.92 Å². The molecule has 0 bridgehead atoms. The van der Waals surface area contributed by atoms with Crippen molar-refractivity contribution in [1.29, 1.82) is 0 Å². The molecule has 1 N–H and O–H groups in total. The van der Waals surface area contributed by atoms with Crippen molar-refractivity contribution in [2.75, 3.05) is 0 Å². The van der Waals surface area contributed by atoms with Gasteiger partial charge in [0.1, 0.15) is 0 Å². The van der Waals surface area contributed by atoms with Gasteiger partial charge in [0.25, 0.3) is 5.91 Å². The minimum Gasteiger partial charge on any atom is -0.344 e. The zero-order chi connectivity index (χ0) is 14.9. The van der Waals surface area contributed by atoms with Crippen LogP contribution in [0.25, 0.3) is 0 Å². The Morgan fingerprint density at radius 1 is 1.23 bits per heavy atom. The zero-order valence-electron chi connectivity index (χ0n) is 12.4. The molecule has 2 aromatic rings. The monoisotopic (exact) mass is 297 g/mol. The molecule has 2 aliphatic carbocycles. The molecular weight excluding hydrogens is 278 g/mol. The standard InChI is InChI=1S/C16H19N5O/c22-16(14-10-21(20-19-14)13-2-1-3-13)18-15(11-4-5-11)12-6-8-17-9-7-12/h6-11,13,15H,1-5H2,(H,18,22). The van der Waals surface area contributed by atoms with Crippen LogP contribution in [0.15, 0.2) is 30.7 Å². The lowest BCUT2D eigenvalue weighted by Gasteiger charge is -2.24. The number of carbonyl (C=O) groups is 1. The van der Waals surface area contributed by atoms with Gasteiger partial charge in [-0.25, -0.2) is 4.68 Å². The molecule has 0 spiro atoms. The second-order valence-corrected chi connectivity index (χ2v) is 6.24. The van der Waals surface area contributed by atoms with Gasteiger partial charge in [-0.05, 0) is 55.7 Å². The predicted molar refractivity (Wildman–Crippen MR) is 80.1 cm³/mol. The van der Waals surface area contributed by atoms with E-state index in [1.54, 1.807) is 18.6 Å². The maximum Gasteiger partial charge on any atom is 0.273 e. The highest BCUT2D eigenvalue weighted by molar-refractivity contribution is 5.92. The molecule has 2 heterocycles. The maximum atomic E-state index is 12.5. The van der Waals surface area contributed by atoms with Crippen LogP contribution in [0.4, 0.5) is 0 Å². The third-order valence-electron chi connectivity index (χ3n) is 4.64. The van der Waals surface area contributed by atoms with E-state index >= 15 is 0 Å². The average Bonchev–Trinajstić information content (AvgIpc) is 3.22. The van der Waals surface area contributed by atoms with Crippen molar-refractivity contribution in [2.45, 2.75) is 44.2 Å². The van der Waals surface area contributed by atoms with E-state index in [2.05, 4.69) is 20.6 Å². The van der Waals surface area contributed by atoms with E-state index in [9.17, 15) is 4.79 Å². The Labute approximate surface area is 128 Å². The van der Waals surface area contributed by atoms with Gasteiger partial charge in [0.2, 0.25) is 0 Å². The Morgan fingerprint density at radius 2 is 2.00 bits per heavy atom. The van der Waals surface area contributed by atoms with Crippen LogP contribution in [0.1, 0.15) is 60.2 Å². The molecule has 2 aliphatic rings. The average molecular weight is 297 g/mol. The van der Waals surface area contributed by atoms with Gasteiger partial charge in [-0.2, -0.15) is 0 Å². The molecule has 6 nitrogen and oxygen atoms in total. The fraction of sp³-hybridized carbons (Fsp3) is 0.500. The summed E-state index contributed by atoms with van der Waals surface area (Å²) in [5.41, 5.74) is 1.52. The lowest BCUT2D eigenvalue weighted by atomic mass is 9.93. The van der Waals surface area contributed by atoms with Crippen molar-refractivity contribution >= 4 is 5.91 Å². The van der Waals surface area contributed by atoms with E-state index < -0.39 is 0 Å². The fourth-order valence-electron chi connectivity index (χ4n) is 2.90. The molecule has 2 fully saturated rings. The second-order valence-electron chi connectivity index (χ2n) is 6.24. The summed E-state index contributed by atoms with van der Waals surface area (Å²) in [4.78, 5) is 16.5. The topological polar surface area (TPSA) is 72.7 Å². The van der Waals surface area contributed by atoms with Crippen molar-refractivity contribution in [3.05, 3.63) is 42.0 Å². The third-order valence-corrected chi connectivity index (χ3v) is 4.64. The zero-order valence-corrected chi connectivity index (χ0v) is 12.4. The van der Waals surface area contributed by atoms with Crippen LogP contribution in [-0.4, -0.2) is 25.9 Å². The predicted octanol–water partition coefficient (Wildman–Crippen LogP) is 2.28. The molecule has 0 radical (unpaired) electrons. The first kappa shape index (κ1) is 13.4. The highest BCUT2D eigenvalue weighted by Gasteiger charge is 2.34. The molecule has 114 valence electrons. The highest BCUT2D eigenvalue weighted by atomic mass is 16.2. The van der Waals surface area contributed by atoms with Crippen molar-refractivity contribution in [1.82, 2.24) is 25.3 Å². The molecule has 2 saturated carbocycles. The number of carbonyl (C=O) groups excluding carboxylic acids is 1. The SMILES string of the molecule is O=C(NC(c1ccncc1)C1CC1)c1cn(C2CCC2)nn1. The van der Waals surface area contributed by atoms with Crippen molar-refractivity contribution in [3.63, 3.8) is 0 Å². The Morgan fingerprint density at radius 3 is 2.64 bits per heavy atom. The van der Waals surface area contributed by atoms with E-state index in [-0.39, 0.29) is 11.9 Å². The molecule has 0 saturated heterocycles. The molecule has 4 rings (SSSR count). The molecule has 1 unspecified atom stereocenters. The first-order chi connectivity index (χ1) is 10.8. The molecule has 22 heavy (non-hydrogen) atoms. The molecule has 1 atom stereocenters. The number of nitrogens with zero attached hydrogens (tertiary/aromatic N) is 4. The third kappa shape index (κ3) is 2.61. The van der Waals surface area contributed by atoms with E-state index in [1.165, 1.54) is 6.42 Å². The van der Waals surface area contributed by atoms with Crippen LogP contribution in [0.3, 0.4) is 0 Å². The van der Waals surface area contributed by atoms with Gasteiger partial charge in [-0.15, -0.1) is 5.10 Å². The number of amides is 1. The first-order valence-electron chi connectivity index (χ1n) is 7.94. The minimum atomic E-state index is -0.140. The molecule has 1 amide bonds. The van der Waals surface area contributed by atoms with Gasteiger partial charge >= 0.3 is 0 Å². The first-order valence-corrected chi connectivity index (χ1v) is 7.94. The quantitative estimate of drug-likeness (QED) is 0.919. The Bertz CT molecular complexity index is 660. The summed E-state index contributed by atoms with van der Waals surface area (Å²) in [6.07, 6.45) is 11.1. The van der Waals surface area contributed by atoms with Gasteiger partial charge in [-0.1, -0.05) is 5.21 Å². The van der Waals surface area contributed by atoms with Gasteiger partial charge in [-0.3, -0.25) is 9.78 Å². The van der Waals surface area contributed by atoms with Crippen LogP contribution in [-0.2, 0) is 0 Å². The summed E-state index contributed by atoms with van der Waals surface area (Å²) < 4.78 is 1.83. The number of hydrogen-bond donors (Lipinski definition) is 1. The van der Waals surface area contributed by atoms with Crippen molar-refractivity contribution < 1.29 is 4.79 Å². The van der Waals surface area contributed by atoms with Crippen molar-refractivity contribution in [3.8, 4) is 0 Å². The number of hydrogen-bond acceptors (Lipinski definition) is 4. The van der Waals surface area contributed by atoms with Gasteiger partial charge in [0.15, 0.2) is 5.69 Å². The van der Waals surface area contributed by atoms with Crippen LogP contribution >= 0.6 is 0 Å². The number of rotatable bonds is 5. The van der Waals surface area contributed by atoms with Crippen LogP contribution in [0.2, 0.25) is 0 Å². The summed E-state index contributed by atoms with van der Waals surface area (Å²) in [6.45, 7) is 0. The highest BCUT2D eigenvalue weighted by Crippen LogP contribution is 2.41. The van der Waals surface area contributed by atoms with Gasteiger partial charge < -0.3 is 5.32 Å². The van der Waals surface area contributed by atoms with Crippen molar-refractivity contribution in [2.24, 2.45) is 5.92 Å². The van der Waals surface area contributed by atoms with E-state index in [4.69, 9.17) is 0 Å². The summed E-state index contributed by atoms with van der Waals surface area (Å²) in [6, 6.07) is 4.40. The van der Waals surface area contributed by atoms with Crippen LogP contribution < -0.4 is 5.32 Å². The fourth-order valence-corrected chi connectivity index (χ4v) is 2.90. The molecule has 6 heteroatoms. The Kier molecular flexibility index (Phi) is 3.36. The summed E-state index contributed by atoms with van der Waals surface area (Å²) in [7, 11) is 0. The second kappa shape index (κ2) is 5.51. The van der Waals surface area contributed by atoms with Crippen LogP contribution in [0.5, 0.6) is 0 Å². The normalized spacial score (nSPS) is 19.5. The summed E-state index contributed by atoms with van der Waals surface area (Å²) >= 11 is 0.